The Balaban J connectivity index is 0.000000173. The predicted molar refractivity (Wildman–Crippen MR) is 233 cm³/mol. The molecule has 9 rings (SSSR count). The summed E-state index contributed by atoms with van der Waals surface area (Å²) >= 11 is 12.9. The van der Waals surface area contributed by atoms with Crippen LogP contribution >= 0.6 is 23.2 Å². The van der Waals surface area contributed by atoms with Crippen LogP contribution in [0.5, 0.6) is 11.5 Å². The smallest absolute Gasteiger partial charge is 0.338 e. The molecule has 0 aliphatic carbocycles. The number of carbonyl (C=O) groups is 2. The Morgan fingerprint density at radius 3 is 1.38 bits per heavy atom. The van der Waals surface area contributed by atoms with E-state index >= 15 is 0 Å². The summed E-state index contributed by atoms with van der Waals surface area (Å²) in [5.74, 6) is 0.528. The maximum Gasteiger partial charge on any atom is 0.338 e. The molecule has 0 saturated carbocycles. The van der Waals surface area contributed by atoms with Crippen LogP contribution in [0.2, 0.25) is 10.0 Å². The Labute approximate surface area is 359 Å². The highest BCUT2D eigenvalue weighted by Gasteiger charge is 2.17. The van der Waals surface area contributed by atoms with Gasteiger partial charge in [0.05, 0.1) is 32.3 Å². The molecule has 1 N–H and O–H groups in total. The number of aromatic nitrogens is 2. The van der Waals surface area contributed by atoms with Gasteiger partial charge in [-0.15, -0.1) is 0 Å². The van der Waals surface area contributed by atoms with Gasteiger partial charge in [-0.3, -0.25) is 0 Å². The second-order valence-electron chi connectivity index (χ2n) is 13.6. The molecule has 0 radical (unpaired) electrons. The number of hydrogen-bond acceptors (Lipinski definition) is 9. The summed E-state index contributed by atoms with van der Waals surface area (Å²) < 4.78 is 28.6. The Hall–Kier alpha value is -7.40. The molecule has 0 aliphatic rings. The third-order valence-electron chi connectivity index (χ3n) is 9.31. The molecular formula is C49H34Cl2N2O8. The van der Waals surface area contributed by atoms with Crippen molar-refractivity contribution in [1.82, 2.24) is 9.97 Å². The second-order valence-corrected chi connectivity index (χ2v) is 14.4. The first-order chi connectivity index (χ1) is 29.8. The first-order valence-electron chi connectivity index (χ1n) is 18.9. The number of halogens is 2. The minimum absolute atomic E-state index is 0.140. The summed E-state index contributed by atoms with van der Waals surface area (Å²) in [5, 5.41) is 9.97. The largest absolute Gasteiger partial charge is 0.489 e. The van der Waals surface area contributed by atoms with Crippen LogP contribution in [0, 0.1) is 0 Å². The van der Waals surface area contributed by atoms with Gasteiger partial charge in [0, 0.05) is 0 Å². The quantitative estimate of drug-likeness (QED) is 0.118. The summed E-state index contributed by atoms with van der Waals surface area (Å²) in [6.07, 6.45) is 0. The molecular weight excluding hydrogens is 815 g/mol. The first-order valence-corrected chi connectivity index (χ1v) is 19.7. The zero-order valence-electron chi connectivity index (χ0n) is 32.2. The fourth-order valence-corrected chi connectivity index (χ4v) is 6.65. The number of aromatic carboxylic acids is 1. The van der Waals surface area contributed by atoms with Crippen LogP contribution in [0.25, 0.3) is 45.1 Å². The van der Waals surface area contributed by atoms with Gasteiger partial charge in [-0.1, -0.05) is 114 Å². The van der Waals surface area contributed by atoms with E-state index in [1.54, 1.807) is 48.5 Å². The Morgan fingerprint density at radius 2 is 0.934 bits per heavy atom. The number of hydrogen-bond donors (Lipinski definition) is 1. The van der Waals surface area contributed by atoms with Crippen LogP contribution in [-0.4, -0.2) is 27.0 Å². The van der Waals surface area contributed by atoms with E-state index < -0.39 is 11.9 Å². The maximum atomic E-state index is 12.5. The Morgan fingerprint density at radius 1 is 0.508 bits per heavy atom. The highest BCUT2D eigenvalue weighted by atomic mass is 35.5. The number of oxazole rings is 2. The maximum absolute atomic E-state index is 12.5. The number of carboxylic acids is 1. The van der Waals surface area contributed by atoms with Gasteiger partial charge < -0.3 is 28.2 Å². The lowest BCUT2D eigenvalue weighted by Crippen LogP contribution is -2.04. The number of carboxylic acid groups (broad SMARTS) is 1. The minimum Gasteiger partial charge on any atom is -0.489 e. The van der Waals surface area contributed by atoms with Crippen LogP contribution in [-0.2, 0) is 24.6 Å². The number of rotatable bonds is 12. The van der Waals surface area contributed by atoms with Gasteiger partial charge >= 0.3 is 11.9 Å². The molecule has 9 aromatic rings. The van der Waals surface area contributed by atoms with Crippen LogP contribution < -0.4 is 9.47 Å². The predicted octanol–water partition coefficient (Wildman–Crippen LogP) is 12.5. The highest BCUT2D eigenvalue weighted by molar-refractivity contribution is 6.33. The van der Waals surface area contributed by atoms with E-state index in [1.807, 2.05) is 103 Å². The van der Waals surface area contributed by atoms with E-state index in [0.717, 1.165) is 16.7 Å². The normalized spacial score (nSPS) is 10.9. The fraction of sp³-hybridized carbons (Fsp3) is 0.0612. The van der Waals surface area contributed by atoms with Crippen molar-refractivity contribution in [1.29, 1.82) is 0 Å². The average Bonchev–Trinajstić information content (AvgIpc) is 3.92. The average molecular weight is 850 g/mol. The Bertz CT molecular complexity index is 2950. The van der Waals surface area contributed by atoms with Gasteiger partial charge in [0.15, 0.2) is 11.2 Å². The number of benzene rings is 7. The van der Waals surface area contributed by atoms with Crippen molar-refractivity contribution in [3.05, 3.63) is 202 Å². The number of carbonyl (C=O) groups excluding carboxylic acids is 1. The van der Waals surface area contributed by atoms with Crippen molar-refractivity contribution in [2.45, 2.75) is 19.8 Å². The summed E-state index contributed by atoms with van der Waals surface area (Å²) in [4.78, 5) is 32.5. The topological polar surface area (TPSA) is 134 Å². The fourth-order valence-electron chi connectivity index (χ4n) is 6.15. The molecule has 0 spiro atoms. The van der Waals surface area contributed by atoms with Gasteiger partial charge in [-0.25, -0.2) is 19.6 Å². The van der Waals surface area contributed by atoms with Crippen LogP contribution in [0.1, 0.15) is 37.4 Å². The Kier molecular flexibility index (Phi) is 12.4. The standard InChI is InChI=1S/C28H20ClNO4.C21H14ClNO4/c29-24-16-22(32-17-19-7-3-1-4-8-19)12-13-23(24)27-30-25-14-11-21(15-26(25)34-27)28(31)33-18-20-9-5-2-6-10-20;22-17-11-15(26-12-13-4-2-1-3-5-13)7-8-16(17)20-23-18-9-6-14(21(24)25)10-19(18)27-20/h1-16H,17-18H2;1-11H,12H2,(H,24,25). The van der Waals surface area contributed by atoms with Crippen molar-refractivity contribution in [2.75, 3.05) is 0 Å². The molecule has 302 valence electrons. The summed E-state index contributed by atoms with van der Waals surface area (Å²) in [5.41, 5.74) is 6.88. The summed E-state index contributed by atoms with van der Waals surface area (Å²) in [6, 6.07) is 49.5. The number of ether oxygens (including phenoxy) is 3. The molecule has 7 aromatic carbocycles. The van der Waals surface area contributed by atoms with Gasteiger partial charge in [0.25, 0.3) is 0 Å². The number of nitrogens with zero attached hydrogens (tertiary/aromatic N) is 2. The zero-order valence-corrected chi connectivity index (χ0v) is 33.7. The van der Waals surface area contributed by atoms with Crippen molar-refractivity contribution in [3.63, 3.8) is 0 Å². The molecule has 0 unspecified atom stereocenters. The molecule has 0 amide bonds. The molecule has 0 aliphatic heterocycles. The number of esters is 1. The van der Waals surface area contributed by atoms with E-state index in [-0.39, 0.29) is 12.2 Å². The number of fused-ring (bicyclic) bond motifs is 2. The van der Waals surface area contributed by atoms with Crippen molar-refractivity contribution >= 4 is 57.3 Å². The van der Waals surface area contributed by atoms with E-state index in [4.69, 9.17) is 51.4 Å². The van der Waals surface area contributed by atoms with Crippen molar-refractivity contribution in [2.24, 2.45) is 0 Å². The molecule has 0 fully saturated rings. The van der Waals surface area contributed by atoms with E-state index in [9.17, 15) is 9.59 Å². The van der Waals surface area contributed by atoms with Gasteiger partial charge in [0.1, 0.15) is 42.4 Å². The minimum atomic E-state index is -1.02. The van der Waals surface area contributed by atoms with Crippen molar-refractivity contribution < 1.29 is 37.7 Å². The summed E-state index contributed by atoms with van der Waals surface area (Å²) in [6.45, 7) is 1.09. The van der Waals surface area contributed by atoms with Gasteiger partial charge in [-0.2, -0.15) is 0 Å². The lowest BCUT2D eigenvalue weighted by Gasteiger charge is -2.08. The molecule has 0 bridgehead atoms. The molecule has 12 heteroatoms. The molecule has 0 saturated heterocycles. The SMILES string of the molecule is O=C(O)c1ccc2nc(-c3ccc(OCc4ccccc4)cc3Cl)oc2c1.O=C(OCc1ccccc1)c1ccc2nc(-c3ccc(OCc4ccccc4)cc3Cl)oc2c1. The van der Waals surface area contributed by atoms with Gasteiger partial charge in [0.2, 0.25) is 11.8 Å². The van der Waals surface area contributed by atoms with Crippen LogP contribution in [0.15, 0.2) is 173 Å². The van der Waals surface area contributed by atoms with E-state index in [0.29, 0.717) is 85.4 Å². The molecule has 2 heterocycles. The van der Waals surface area contributed by atoms with E-state index in [1.165, 1.54) is 12.1 Å². The lowest BCUT2D eigenvalue weighted by atomic mass is 10.2. The summed E-state index contributed by atoms with van der Waals surface area (Å²) in [7, 11) is 0. The monoisotopic (exact) mass is 848 g/mol. The molecule has 0 atom stereocenters. The highest BCUT2D eigenvalue weighted by Crippen LogP contribution is 2.35. The van der Waals surface area contributed by atoms with Gasteiger partial charge in [-0.05, 0) is 89.5 Å². The molecule has 2 aromatic heterocycles. The van der Waals surface area contributed by atoms with Crippen LogP contribution in [0.3, 0.4) is 0 Å². The second kappa shape index (κ2) is 18.7. The van der Waals surface area contributed by atoms with Crippen molar-refractivity contribution in [3.8, 4) is 34.4 Å². The van der Waals surface area contributed by atoms with Crippen LogP contribution in [0.4, 0.5) is 0 Å². The third kappa shape index (κ3) is 10.1. The zero-order chi connectivity index (χ0) is 42.1. The molecule has 10 nitrogen and oxygen atoms in total. The first kappa shape index (κ1) is 40.4. The molecule has 61 heavy (non-hydrogen) atoms. The van der Waals surface area contributed by atoms with E-state index in [2.05, 4.69) is 9.97 Å². The third-order valence-corrected chi connectivity index (χ3v) is 9.94. The lowest BCUT2D eigenvalue weighted by molar-refractivity contribution is 0.0472.